The lowest BCUT2D eigenvalue weighted by molar-refractivity contribution is 0.0978. The van der Waals surface area contributed by atoms with Gasteiger partial charge in [0.15, 0.2) is 11.4 Å². The Balaban J connectivity index is 2.42. The zero-order valence-electron chi connectivity index (χ0n) is 9.49. The minimum atomic E-state index is -0.510. The van der Waals surface area contributed by atoms with Crippen LogP contribution in [0.15, 0.2) is 27.4 Å². The van der Waals surface area contributed by atoms with E-state index in [0.29, 0.717) is 16.7 Å². The largest absolute Gasteiger partial charge is 0.417 e. The average Bonchev–Trinajstić information content (AvgIpc) is 2.65. The van der Waals surface area contributed by atoms with Gasteiger partial charge < -0.3 is 4.42 Å². The van der Waals surface area contributed by atoms with Crippen LogP contribution in [0, 0.1) is 5.92 Å². The molecule has 17 heavy (non-hydrogen) atoms. The fraction of sp³-hybridized carbons (Fsp3) is 0.333. The van der Waals surface area contributed by atoms with Crippen molar-refractivity contribution in [3.8, 4) is 0 Å². The number of H-pyrrole nitrogens is 1. The fourth-order valence-electron chi connectivity index (χ4n) is 1.56. The number of aromatic amines is 1. The summed E-state index contributed by atoms with van der Waals surface area (Å²) in [5, 5.41) is 0. The van der Waals surface area contributed by atoms with E-state index in [1.54, 1.807) is 18.2 Å². The third-order valence-corrected chi connectivity index (χ3v) is 4.01. The van der Waals surface area contributed by atoms with E-state index in [1.165, 1.54) is 0 Å². The van der Waals surface area contributed by atoms with Gasteiger partial charge >= 0.3 is 5.76 Å². The van der Waals surface area contributed by atoms with E-state index >= 15 is 0 Å². The van der Waals surface area contributed by atoms with Gasteiger partial charge in [-0.2, -0.15) is 0 Å². The zero-order chi connectivity index (χ0) is 12.6. The molecule has 0 amide bonds. The molecule has 0 fully saturated rings. The van der Waals surface area contributed by atoms with Gasteiger partial charge in [-0.3, -0.25) is 9.78 Å². The minimum Gasteiger partial charge on any atom is -0.408 e. The molecule has 0 bridgehead atoms. The molecule has 1 aromatic carbocycles. The van der Waals surface area contributed by atoms with E-state index in [-0.39, 0.29) is 16.5 Å². The van der Waals surface area contributed by atoms with E-state index < -0.39 is 5.76 Å². The molecule has 0 spiro atoms. The Morgan fingerprint density at radius 3 is 2.76 bits per heavy atom. The average molecular weight is 298 g/mol. The monoisotopic (exact) mass is 297 g/mol. The molecule has 1 heterocycles. The van der Waals surface area contributed by atoms with Crippen molar-refractivity contribution in [2.24, 2.45) is 5.92 Å². The number of benzene rings is 1. The number of nitrogens with one attached hydrogen (secondary N) is 1. The van der Waals surface area contributed by atoms with E-state index in [9.17, 15) is 9.59 Å². The van der Waals surface area contributed by atoms with Crippen LogP contribution in [0.2, 0.25) is 0 Å². The number of hydrogen-bond donors (Lipinski definition) is 1. The zero-order valence-corrected chi connectivity index (χ0v) is 11.1. The number of oxazole rings is 1. The van der Waals surface area contributed by atoms with Crippen molar-refractivity contribution in [3.05, 3.63) is 34.3 Å². The maximum atomic E-state index is 12.1. The number of fused-ring (bicyclic) bond motifs is 1. The smallest absolute Gasteiger partial charge is 0.408 e. The van der Waals surface area contributed by atoms with Crippen LogP contribution in [0.1, 0.15) is 24.2 Å². The second-order valence-electron chi connectivity index (χ2n) is 4.24. The summed E-state index contributed by atoms with van der Waals surface area (Å²) < 4.78 is 4.92. The summed E-state index contributed by atoms with van der Waals surface area (Å²) >= 11 is 3.36. The van der Waals surface area contributed by atoms with Gasteiger partial charge in [-0.1, -0.05) is 29.8 Å². The lowest BCUT2D eigenvalue weighted by Crippen LogP contribution is -2.19. The Morgan fingerprint density at radius 2 is 2.12 bits per heavy atom. The Bertz CT molecular complexity index is 611. The molecule has 1 aromatic heterocycles. The third kappa shape index (κ3) is 2.34. The summed E-state index contributed by atoms with van der Waals surface area (Å²) in [7, 11) is 0. The number of ketones is 1. The Kier molecular flexibility index (Phi) is 3.19. The summed E-state index contributed by atoms with van der Waals surface area (Å²) in [6, 6.07) is 4.95. The molecule has 2 rings (SSSR count). The normalized spacial score (nSPS) is 13.2. The summed E-state index contributed by atoms with van der Waals surface area (Å²) in [6.45, 7) is 3.93. The SMILES string of the molecule is CC(C)C(Br)C(=O)c1ccc2[nH]c(=O)oc2c1. The highest BCUT2D eigenvalue weighted by Crippen LogP contribution is 2.20. The Hall–Kier alpha value is -1.36. The molecule has 90 valence electrons. The first-order valence-electron chi connectivity index (χ1n) is 5.30. The number of halogens is 1. The fourth-order valence-corrected chi connectivity index (χ4v) is 1.82. The van der Waals surface area contributed by atoms with Gasteiger partial charge in [-0.25, -0.2) is 4.79 Å². The van der Waals surface area contributed by atoms with Crippen LogP contribution >= 0.6 is 15.9 Å². The van der Waals surface area contributed by atoms with Crippen LogP contribution < -0.4 is 5.76 Å². The second kappa shape index (κ2) is 4.49. The predicted octanol–water partition coefficient (Wildman–Crippen LogP) is 2.72. The van der Waals surface area contributed by atoms with Gasteiger partial charge in [0.25, 0.3) is 0 Å². The molecule has 1 N–H and O–H groups in total. The highest BCUT2D eigenvalue weighted by molar-refractivity contribution is 9.10. The molecular weight excluding hydrogens is 286 g/mol. The summed E-state index contributed by atoms with van der Waals surface area (Å²) in [4.78, 5) is 25.4. The van der Waals surface area contributed by atoms with E-state index in [1.807, 2.05) is 13.8 Å². The Labute approximate surface area is 106 Å². The van der Waals surface area contributed by atoms with Gasteiger partial charge in [0.1, 0.15) is 0 Å². The number of Topliss-reactive ketones (excluding diaryl/α,β-unsaturated/α-hetero) is 1. The third-order valence-electron chi connectivity index (χ3n) is 2.54. The second-order valence-corrected chi connectivity index (χ2v) is 5.22. The molecule has 2 aromatic rings. The van der Waals surface area contributed by atoms with Crippen LogP contribution in [-0.2, 0) is 0 Å². The van der Waals surface area contributed by atoms with Crippen molar-refractivity contribution >= 4 is 32.8 Å². The molecule has 4 nitrogen and oxygen atoms in total. The summed E-state index contributed by atoms with van der Waals surface area (Å²) in [6.07, 6.45) is 0. The first-order valence-corrected chi connectivity index (χ1v) is 6.22. The van der Waals surface area contributed by atoms with Gasteiger partial charge in [0.2, 0.25) is 0 Å². The molecule has 1 atom stereocenters. The van der Waals surface area contributed by atoms with Crippen molar-refractivity contribution in [1.29, 1.82) is 0 Å². The molecule has 5 heteroatoms. The first-order chi connectivity index (χ1) is 7.99. The number of aromatic nitrogens is 1. The van der Waals surface area contributed by atoms with Crippen LogP contribution in [0.25, 0.3) is 11.1 Å². The van der Waals surface area contributed by atoms with Crippen molar-refractivity contribution < 1.29 is 9.21 Å². The topological polar surface area (TPSA) is 63.1 Å². The lowest BCUT2D eigenvalue weighted by Gasteiger charge is -2.11. The van der Waals surface area contributed by atoms with Crippen LogP contribution in [0.5, 0.6) is 0 Å². The highest BCUT2D eigenvalue weighted by atomic mass is 79.9. The molecule has 1 unspecified atom stereocenters. The molecule has 0 aliphatic carbocycles. The number of carbonyl (C=O) groups is 1. The lowest BCUT2D eigenvalue weighted by atomic mass is 10.0. The molecule has 0 saturated heterocycles. The molecule has 0 saturated carbocycles. The van der Waals surface area contributed by atoms with Gasteiger partial charge in [-0.05, 0) is 24.1 Å². The summed E-state index contributed by atoms with van der Waals surface area (Å²) in [5.41, 5.74) is 1.54. The van der Waals surface area contributed by atoms with Crippen LogP contribution in [0.4, 0.5) is 0 Å². The van der Waals surface area contributed by atoms with Gasteiger partial charge in [0, 0.05) is 5.56 Å². The standard InChI is InChI=1S/C12H12BrNO3/c1-6(2)10(13)11(15)7-3-4-8-9(5-7)17-12(16)14-8/h3-6,10H,1-2H3,(H,14,16). The molecule has 0 aliphatic rings. The molecular formula is C12H12BrNO3. The van der Waals surface area contributed by atoms with Crippen LogP contribution in [-0.4, -0.2) is 15.6 Å². The van der Waals surface area contributed by atoms with Crippen molar-refractivity contribution in [2.45, 2.75) is 18.7 Å². The summed E-state index contributed by atoms with van der Waals surface area (Å²) in [5.74, 6) is -0.314. The van der Waals surface area contributed by atoms with Gasteiger partial charge in [-0.15, -0.1) is 0 Å². The van der Waals surface area contributed by atoms with E-state index in [4.69, 9.17) is 4.42 Å². The number of rotatable bonds is 3. The van der Waals surface area contributed by atoms with Crippen molar-refractivity contribution in [1.82, 2.24) is 4.98 Å². The number of alkyl halides is 1. The quantitative estimate of drug-likeness (QED) is 0.700. The van der Waals surface area contributed by atoms with E-state index in [2.05, 4.69) is 20.9 Å². The van der Waals surface area contributed by atoms with Crippen LogP contribution in [0.3, 0.4) is 0 Å². The van der Waals surface area contributed by atoms with E-state index in [0.717, 1.165) is 0 Å². The van der Waals surface area contributed by atoms with Crippen molar-refractivity contribution in [2.75, 3.05) is 0 Å². The number of carbonyl (C=O) groups excluding carboxylic acids is 1. The molecule has 0 radical (unpaired) electrons. The predicted molar refractivity (Wildman–Crippen MR) is 68.7 cm³/mol. The van der Waals surface area contributed by atoms with Crippen molar-refractivity contribution in [3.63, 3.8) is 0 Å². The molecule has 0 aliphatic heterocycles. The van der Waals surface area contributed by atoms with Gasteiger partial charge in [0.05, 0.1) is 10.3 Å². The highest BCUT2D eigenvalue weighted by Gasteiger charge is 2.20. The Morgan fingerprint density at radius 1 is 1.41 bits per heavy atom. The minimum absolute atomic E-state index is 0.00857. The maximum Gasteiger partial charge on any atom is 0.417 e. The maximum absolute atomic E-state index is 12.1. The first kappa shape index (κ1) is 12.1. The number of hydrogen-bond acceptors (Lipinski definition) is 3.